The van der Waals surface area contributed by atoms with Crippen molar-refractivity contribution in [2.24, 2.45) is 0 Å². The van der Waals surface area contributed by atoms with Crippen molar-refractivity contribution < 1.29 is 14.6 Å². The highest BCUT2D eigenvalue weighted by Gasteiger charge is 2.14. The molecule has 5 heteroatoms. The zero-order valence-corrected chi connectivity index (χ0v) is 11.0. The fraction of sp³-hybridized carbons (Fsp3) is 0.333. The minimum absolute atomic E-state index is 0.0776. The molecule has 0 fully saturated rings. The summed E-state index contributed by atoms with van der Waals surface area (Å²) < 4.78 is 4.84. The summed E-state index contributed by atoms with van der Waals surface area (Å²) in [4.78, 5) is 11.4. The van der Waals surface area contributed by atoms with E-state index in [1.165, 1.54) is 6.07 Å². The Kier molecular flexibility index (Phi) is 4.98. The van der Waals surface area contributed by atoms with Crippen LogP contribution in [0.5, 0.6) is 5.75 Å². The second kappa shape index (κ2) is 6.26. The predicted molar refractivity (Wildman–Crippen MR) is 65.8 cm³/mol. The minimum atomic E-state index is -0.348. The van der Waals surface area contributed by atoms with E-state index in [9.17, 15) is 9.90 Å². The smallest absolute Gasteiger partial charge is 0.310 e. The number of alkyl halides is 1. The standard InChI is InChI=1S/C12H12BrNO3/c1-2-17-11(15)5-8-3-4-9(7-14)12(16)10(8)6-13/h3-4,16H,2,5-6H2,1H3. The van der Waals surface area contributed by atoms with Crippen molar-refractivity contribution >= 4 is 21.9 Å². The molecule has 0 unspecified atom stereocenters. The number of ether oxygens (including phenoxy) is 1. The summed E-state index contributed by atoms with van der Waals surface area (Å²) in [5.74, 6) is -0.426. The first-order valence-corrected chi connectivity index (χ1v) is 6.21. The molecule has 0 heterocycles. The van der Waals surface area contributed by atoms with Crippen LogP contribution < -0.4 is 0 Å². The molecule has 1 aromatic rings. The second-order valence-electron chi connectivity index (χ2n) is 3.33. The third-order valence-corrected chi connectivity index (χ3v) is 2.83. The van der Waals surface area contributed by atoms with Gasteiger partial charge in [-0.15, -0.1) is 0 Å². The Balaban J connectivity index is 3.05. The number of nitrogens with zero attached hydrogens (tertiary/aromatic N) is 1. The van der Waals surface area contributed by atoms with Gasteiger partial charge in [0.1, 0.15) is 11.8 Å². The fourth-order valence-electron chi connectivity index (χ4n) is 1.45. The van der Waals surface area contributed by atoms with Crippen LogP contribution in [0.1, 0.15) is 23.6 Å². The van der Waals surface area contributed by atoms with Crippen molar-refractivity contribution in [3.63, 3.8) is 0 Å². The van der Waals surface area contributed by atoms with E-state index >= 15 is 0 Å². The van der Waals surface area contributed by atoms with Gasteiger partial charge in [-0.05, 0) is 18.6 Å². The van der Waals surface area contributed by atoms with Crippen LogP contribution >= 0.6 is 15.9 Å². The highest BCUT2D eigenvalue weighted by Crippen LogP contribution is 2.28. The van der Waals surface area contributed by atoms with Gasteiger partial charge in [-0.1, -0.05) is 22.0 Å². The van der Waals surface area contributed by atoms with Gasteiger partial charge in [0.25, 0.3) is 0 Å². The summed E-state index contributed by atoms with van der Waals surface area (Å²) in [6.45, 7) is 2.06. The van der Waals surface area contributed by atoms with E-state index in [2.05, 4.69) is 15.9 Å². The number of esters is 1. The van der Waals surface area contributed by atoms with Crippen molar-refractivity contribution in [2.45, 2.75) is 18.7 Å². The Hall–Kier alpha value is -1.54. The SMILES string of the molecule is CCOC(=O)Cc1ccc(C#N)c(O)c1CBr. The number of aromatic hydroxyl groups is 1. The number of phenolic OH excluding ortho intramolecular Hbond substituents is 1. The molecule has 0 saturated heterocycles. The van der Waals surface area contributed by atoms with E-state index in [0.29, 0.717) is 23.1 Å². The van der Waals surface area contributed by atoms with Crippen molar-refractivity contribution in [1.82, 2.24) is 0 Å². The number of phenols is 1. The third-order valence-electron chi connectivity index (χ3n) is 2.27. The second-order valence-corrected chi connectivity index (χ2v) is 3.89. The van der Waals surface area contributed by atoms with Crippen LogP contribution in [0.4, 0.5) is 0 Å². The van der Waals surface area contributed by atoms with Crippen LogP contribution in [0.3, 0.4) is 0 Å². The fourth-order valence-corrected chi connectivity index (χ4v) is 2.08. The summed E-state index contributed by atoms with van der Waals surface area (Å²) in [5, 5.41) is 19.0. The average Bonchev–Trinajstić information content (AvgIpc) is 2.30. The molecular formula is C12H12BrNO3. The number of rotatable bonds is 4. The molecule has 0 aliphatic carbocycles. The Morgan fingerprint density at radius 2 is 2.29 bits per heavy atom. The number of benzene rings is 1. The number of nitriles is 1. The largest absolute Gasteiger partial charge is 0.506 e. The summed E-state index contributed by atoms with van der Waals surface area (Å²) in [6.07, 6.45) is 0.0913. The minimum Gasteiger partial charge on any atom is -0.506 e. The maximum Gasteiger partial charge on any atom is 0.310 e. The monoisotopic (exact) mass is 297 g/mol. The van der Waals surface area contributed by atoms with Crippen molar-refractivity contribution in [1.29, 1.82) is 5.26 Å². The van der Waals surface area contributed by atoms with Gasteiger partial charge in [-0.25, -0.2) is 0 Å². The summed E-state index contributed by atoms with van der Waals surface area (Å²) >= 11 is 3.23. The van der Waals surface area contributed by atoms with E-state index in [1.807, 2.05) is 6.07 Å². The molecule has 1 aromatic carbocycles. The van der Waals surface area contributed by atoms with Gasteiger partial charge >= 0.3 is 5.97 Å². The molecule has 90 valence electrons. The first-order chi connectivity index (χ1) is 8.13. The number of carbonyl (C=O) groups is 1. The van der Waals surface area contributed by atoms with Gasteiger partial charge in [0.2, 0.25) is 0 Å². The average molecular weight is 298 g/mol. The molecule has 0 saturated carbocycles. The summed E-state index contributed by atoms with van der Waals surface area (Å²) in [5.41, 5.74) is 1.42. The molecule has 0 atom stereocenters. The lowest BCUT2D eigenvalue weighted by atomic mass is 10.0. The van der Waals surface area contributed by atoms with E-state index < -0.39 is 0 Å². The molecule has 0 amide bonds. The molecule has 0 spiro atoms. The topological polar surface area (TPSA) is 70.3 Å². The molecule has 1 rings (SSSR count). The number of carbonyl (C=O) groups excluding carboxylic acids is 1. The Morgan fingerprint density at radius 1 is 1.59 bits per heavy atom. The zero-order valence-electron chi connectivity index (χ0n) is 9.36. The lowest BCUT2D eigenvalue weighted by Gasteiger charge is -2.09. The lowest BCUT2D eigenvalue weighted by Crippen LogP contribution is -2.09. The van der Waals surface area contributed by atoms with Crippen molar-refractivity contribution in [3.05, 3.63) is 28.8 Å². The summed E-state index contributed by atoms with van der Waals surface area (Å²) in [7, 11) is 0. The van der Waals surface area contributed by atoms with Crippen LogP contribution in [-0.4, -0.2) is 17.7 Å². The predicted octanol–water partition coefficient (Wildman–Crippen LogP) is 2.26. The molecule has 17 heavy (non-hydrogen) atoms. The van der Waals surface area contributed by atoms with Gasteiger partial charge in [0.05, 0.1) is 18.6 Å². The first kappa shape index (κ1) is 13.5. The normalized spacial score (nSPS) is 9.71. The molecule has 0 aromatic heterocycles. The zero-order chi connectivity index (χ0) is 12.8. The maximum atomic E-state index is 11.4. The van der Waals surface area contributed by atoms with Gasteiger partial charge in [0, 0.05) is 10.9 Å². The van der Waals surface area contributed by atoms with Crippen LogP contribution in [0.15, 0.2) is 12.1 Å². The van der Waals surface area contributed by atoms with E-state index in [4.69, 9.17) is 10.00 Å². The number of hydrogen-bond acceptors (Lipinski definition) is 4. The molecule has 0 aliphatic rings. The van der Waals surface area contributed by atoms with E-state index in [-0.39, 0.29) is 23.7 Å². The van der Waals surface area contributed by atoms with Gasteiger partial charge in [0.15, 0.2) is 0 Å². The molecular weight excluding hydrogens is 286 g/mol. The van der Waals surface area contributed by atoms with Crippen molar-refractivity contribution in [2.75, 3.05) is 6.61 Å². The Bertz CT molecular complexity index is 466. The molecule has 0 aliphatic heterocycles. The maximum absolute atomic E-state index is 11.4. The van der Waals surface area contributed by atoms with E-state index in [0.717, 1.165) is 0 Å². The molecule has 4 nitrogen and oxygen atoms in total. The molecule has 1 N–H and O–H groups in total. The highest BCUT2D eigenvalue weighted by atomic mass is 79.9. The van der Waals surface area contributed by atoms with Gasteiger partial charge in [-0.2, -0.15) is 5.26 Å². The van der Waals surface area contributed by atoms with Crippen LogP contribution in [0.25, 0.3) is 0 Å². The van der Waals surface area contributed by atoms with Crippen molar-refractivity contribution in [3.8, 4) is 11.8 Å². The van der Waals surface area contributed by atoms with Gasteiger partial charge in [-0.3, -0.25) is 4.79 Å². The van der Waals surface area contributed by atoms with E-state index in [1.54, 1.807) is 13.0 Å². The third kappa shape index (κ3) is 3.21. The quantitative estimate of drug-likeness (QED) is 0.684. The van der Waals surface area contributed by atoms with Crippen LogP contribution in [0, 0.1) is 11.3 Å². The Morgan fingerprint density at radius 3 is 2.82 bits per heavy atom. The van der Waals surface area contributed by atoms with Crippen LogP contribution in [-0.2, 0) is 21.3 Å². The molecule has 0 radical (unpaired) electrons. The summed E-state index contributed by atoms with van der Waals surface area (Å²) in [6, 6.07) is 5.04. The molecule has 0 bridgehead atoms. The highest BCUT2D eigenvalue weighted by molar-refractivity contribution is 9.08. The first-order valence-electron chi connectivity index (χ1n) is 5.09. The number of halogens is 1. The lowest BCUT2D eigenvalue weighted by molar-refractivity contribution is -0.142. The number of hydrogen-bond donors (Lipinski definition) is 1. The Labute approximate surface area is 108 Å². The van der Waals surface area contributed by atoms with Gasteiger partial charge < -0.3 is 9.84 Å². The van der Waals surface area contributed by atoms with Crippen LogP contribution in [0.2, 0.25) is 0 Å².